The topological polar surface area (TPSA) is 49.8 Å². The maximum absolute atomic E-state index is 12.9. The molecule has 2 aromatic rings. The lowest BCUT2D eigenvalue weighted by Gasteiger charge is -2.38. The minimum Gasteiger partial charge on any atom is -0.497 e. The maximum atomic E-state index is 12.9. The number of rotatable bonds is 3. The van der Waals surface area contributed by atoms with E-state index in [1.165, 1.54) is 0 Å². The fourth-order valence-electron chi connectivity index (χ4n) is 4.45. The van der Waals surface area contributed by atoms with Crippen LogP contribution in [-0.2, 0) is 4.79 Å². The first-order valence-electron chi connectivity index (χ1n) is 8.77. The number of methoxy groups -OCH3 is 1. The normalized spacial score (nSPS) is 31.2. The van der Waals surface area contributed by atoms with Crippen molar-refractivity contribution >= 4 is 11.5 Å². The summed E-state index contributed by atoms with van der Waals surface area (Å²) >= 11 is 0. The van der Waals surface area contributed by atoms with Crippen molar-refractivity contribution in [2.75, 3.05) is 18.6 Å². The molecule has 2 bridgehead atoms. The SMILES string of the molecule is COc1cccc([C@@H]2C[C@H]3C(=O)[C@](O)(CN3c3ccccc3)[C@@H]2C)c1. The molecule has 1 N–H and O–H groups in total. The molecule has 0 radical (unpaired) electrons. The Morgan fingerprint density at radius 2 is 1.92 bits per heavy atom. The number of β-amino-alcohol motifs (C(OH)–C–C–N with tert-alkyl or cyclic N) is 1. The van der Waals surface area contributed by atoms with Gasteiger partial charge in [-0.1, -0.05) is 37.3 Å². The number of aliphatic hydroxyl groups is 1. The second kappa shape index (κ2) is 5.88. The summed E-state index contributed by atoms with van der Waals surface area (Å²) in [5, 5.41) is 11.2. The molecule has 0 unspecified atom stereocenters. The second-order valence-electron chi connectivity index (χ2n) is 7.18. The standard InChI is InChI=1S/C21H23NO3/c1-14-18(15-7-6-10-17(11-15)25-2)12-19-20(23)21(14,24)13-22(19)16-8-4-3-5-9-16/h3-11,14,18-19,24H,12-13H2,1-2H3/t14-,18-,19+,21+/m1/s1. The summed E-state index contributed by atoms with van der Waals surface area (Å²) in [5.74, 6) is 0.748. The zero-order valence-electron chi connectivity index (χ0n) is 14.6. The number of anilines is 1. The average molecular weight is 337 g/mol. The molecule has 2 fully saturated rings. The summed E-state index contributed by atoms with van der Waals surface area (Å²) in [7, 11) is 1.65. The minimum atomic E-state index is -1.30. The van der Waals surface area contributed by atoms with Crippen molar-refractivity contribution < 1.29 is 14.6 Å². The highest BCUT2D eigenvalue weighted by molar-refractivity contribution is 5.99. The van der Waals surface area contributed by atoms with E-state index >= 15 is 0 Å². The van der Waals surface area contributed by atoms with Crippen LogP contribution in [0.5, 0.6) is 5.75 Å². The molecule has 1 aliphatic carbocycles. The predicted octanol–water partition coefficient (Wildman–Crippen LogP) is 3.01. The number of hydrogen-bond acceptors (Lipinski definition) is 4. The zero-order chi connectivity index (χ0) is 17.6. The maximum Gasteiger partial charge on any atom is 0.188 e. The number of benzene rings is 2. The fraction of sp³-hybridized carbons (Fsp3) is 0.381. The van der Waals surface area contributed by atoms with Gasteiger partial charge in [0.25, 0.3) is 0 Å². The molecule has 4 atom stereocenters. The van der Waals surface area contributed by atoms with Crippen molar-refractivity contribution in [1.82, 2.24) is 0 Å². The van der Waals surface area contributed by atoms with Crippen LogP contribution in [0.3, 0.4) is 0 Å². The number of para-hydroxylation sites is 1. The molecule has 4 rings (SSSR count). The van der Waals surface area contributed by atoms with Gasteiger partial charge in [0.1, 0.15) is 11.4 Å². The molecule has 0 aromatic heterocycles. The summed E-state index contributed by atoms with van der Waals surface area (Å²) in [5.41, 5.74) is 0.819. The van der Waals surface area contributed by atoms with Crippen LogP contribution in [-0.4, -0.2) is 36.2 Å². The third-order valence-corrected chi connectivity index (χ3v) is 5.96. The lowest BCUT2D eigenvalue weighted by molar-refractivity contribution is -0.142. The lowest BCUT2D eigenvalue weighted by atomic mass is 9.67. The molecule has 4 heteroatoms. The van der Waals surface area contributed by atoms with Crippen LogP contribution in [0.4, 0.5) is 5.69 Å². The molecule has 4 nitrogen and oxygen atoms in total. The van der Waals surface area contributed by atoms with E-state index in [2.05, 4.69) is 11.0 Å². The third kappa shape index (κ3) is 2.44. The van der Waals surface area contributed by atoms with E-state index in [1.807, 2.05) is 55.5 Å². The quantitative estimate of drug-likeness (QED) is 0.935. The first kappa shape index (κ1) is 16.2. The first-order chi connectivity index (χ1) is 12.0. The average Bonchev–Trinajstić information content (AvgIpc) is 2.84. The minimum absolute atomic E-state index is 0.0389. The van der Waals surface area contributed by atoms with Crippen molar-refractivity contribution in [3.05, 3.63) is 60.2 Å². The Kier molecular flexibility index (Phi) is 3.80. The number of ketones is 1. The number of carbonyl (C=O) groups is 1. The van der Waals surface area contributed by atoms with E-state index in [0.29, 0.717) is 13.0 Å². The van der Waals surface area contributed by atoms with Crippen LogP contribution < -0.4 is 9.64 Å². The molecule has 130 valence electrons. The van der Waals surface area contributed by atoms with Gasteiger partial charge in [0.15, 0.2) is 5.78 Å². The molecular formula is C21H23NO3. The van der Waals surface area contributed by atoms with Crippen molar-refractivity contribution in [3.63, 3.8) is 0 Å². The summed E-state index contributed by atoms with van der Waals surface area (Å²) in [6.07, 6.45) is 0.713. The zero-order valence-corrected chi connectivity index (χ0v) is 14.6. The predicted molar refractivity (Wildman–Crippen MR) is 97.0 cm³/mol. The van der Waals surface area contributed by atoms with Gasteiger partial charge in [0.05, 0.1) is 19.7 Å². The van der Waals surface area contributed by atoms with E-state index in [-0.39, 0.29) is 23.7 Å². The monoisotopic (exact) mass is 337 g/mol. The molecule has 1 saturated carbocycles. The Bertz CT molecular complexity index is 791. The van der Waals surface area contributed by atoms with Crippen LogP contribution in [0.25, 0.3) is 0 Å². The van der Waals surface area contributed by atoms with Crippen LogP contribution in [0.2, 0.25) is 0 Å². The molecule has 0 spiro atoms. The van der Waals surface area contributed by atoms with Crippen LogP contribution in [0.1, 0.15) is 24.8 Å². The molecule has 2 aliphatic rings. The molecule has 1 aliphatic heterocycles. The number of carbonyl (C=O) groups excluding carboxylic acids is 1. The van der Waals surface area contributed by atoms with Crippen LogP contribution in [0, 0.1) is 5.92 Å². The number of Topliss-reactive ketones (excluding diaryl/α,β-unsaturated/α-hetero) is 1. The number of ether oxygens (including phenoxy) is 1. The Labute approximate surface area is 148 Å². The van der Waals surface area contributed by atoms with Gasteiger partial charge in [-0.05, 0) is 42.2 Å². The van der Waals surface area contributed by atoms with Gasteiger partial charge in [0.2, 0.25) is 0 Å². The van der Waals surface area contributed by atoms with Gasteiger partial charge in [0, 0.05) is 11.6 Å². The van der Waals surface area contributed by atoms with E-state index < -0.39 is 5.60 Å². The van der Waals surface area contributed by atoms with E-state index in [9.17, 15) is 9.90 Å². The van der Waals surface area contributed by atoms with E-state index in [1.54, 1.807) is 7.11 Å². The molecule has 0 amide bonds. The van der Waals surface area contributed by atoms with Crippen molar-refractivity contribution in [3.8, 4) is 5.75 Å². The van der Waals surface area contributed by atoms with Crippen LogP contribution >= 0.6 is 0 Å². The van der Waals surface area contributed by atoms with Crippen molar-refractivity contribution in [2.24, 2.45) is 5.92 Å². The van der Waals surface area contributed by atoms with Crippen LogP contribution in [0.15, 0.2) is 54.6 Å². The Morgan fingerprint density at radius 1 is 1.16 bits per heavy atom. The van der Waals surface area contributed by atoms with Gasteiger partial charge in [-0.3, -0.25) is 4.79 Å². The fourth-order valence-corrected chi connectivity index (χ4v) is 4.45. The highest BCUT2D eigenvalue weighted by Gasteiger charge is 2.60. The van der Waals surface area contributed by atoms with Gasteiger partial charge in [-0.25, -0.2) is 0 Å². The Hall–Kier alpha value is -2.33. The van der Waals surface area contributed by atoms with Gasteiger partial charge in [-0.15, -0.1) is 0 Å². The van der Waals surface area contributed by atoms with Crippen molar-refractivity contribution in [2.45, 2.75) is 30.9 Å². The summed E-state index contributed by atoms with van der Waals surface area (Å²) in [6, 6.07) is 17.6. The first-order valence-corrected chi connectivity index (χ1v) is 8.77. The highest BCUT2D eigenvalue weighted by Crippen LogP contribution is 2.49. The van der Waals surface area contributed by atoms with Gasteiger partial charge >= 0.3 is 0 Å². The highest BCUT2D eigenvalue weighted by atomic mass is 16.5. The second-order valence-corrected chi connectivity index (χ2v) is 7.18. The number of hydrogen-bond donors (Lipinski definition) is 1. The molecule has 1 saturated heterocycles. The smallest absolute Gasteiger partial charge is 0.188 e. The third-order valence-electron chi connectivity index (χ3n) is 5.96. The van der Waals surface area contributed by atoms with E-state index in [0.717, 1.165) is 17.0 Å². The lowest BCUT2D eigenvalue weighted by Crippen LogP contribution is -2.51. The Morgan fingerprint density at radius 3 is 2.64 bits per heavy atom. The largest absolute Gasteiger partial charge is 0.497 e. The Balaban J connectivity index is 1.72. The number of fused-ring (bicyclic) bond motifs is 2. The summed E-state index contributed by atoms with van der Waals surface area (Å²) < 4.78 is 5.35. The van der Waals surface area contributed by atoms with Crippen molar-refractivity contribution in [1.29, 1.82) is 0 Å². The number of nitrogens with zero attached hydrogens (tertiary/aromatic N) is 1. The van der Waals surface area contributed by atoms with Gasteiger partial charge < -0.3 is 14.7 Å². The van der Waals surface area contributed by atoms with E-state index in [4.69, 9.17) is 4.74 Å². The molecule has 1 heterocycles. The molecule has 2 aromatic carbocycles. The molecular weight excluding hydrogens is 314 g/mol. The summed E-state index contributed by atoms with van der Waals surface area (Å²) in [6.45, 7) is 2.36. The summed E-state index contributed by atoms with van der Waals surface area (Å²) in [4.78, 5) is 15.0. The van der Waals surface area contributed by atoms with Gasteiger partial charge in [-0.2, -0.15) is 0 Å². The molecule has 25 heavy (non-hydrogen) atoms.